The number of anilines is 1. The van der Waals surface area contributed by atoms with Crippen molar-refractivity contribution in [1.29, 1.82) is 0 Å². The standard InChI is InChI=1S/C17H16BrCl2NO2/c1-2-3-9-23-15-8-7-11(10-12(15)18)17(22)21-16-13(19)5-4-6-14(16)20/h4-8,10H,2-3,9H2,1H3,(H,21,22). The highest BCUT2D eigenvalue weighted by Crippen LogP contribution is 2.31. The van der Waals surface area contributed by atoms with Gasteiger partial charge in [0.1, 0.15) is 5.75 Å². The van der Waals surface area contributed by atoms with Crippen molar-refractivity contribution in [2.24, 2.45) is 0 Å². The van der Waals surface area contributed by atoms with E-state index < -0.39 is 0 Å². The topological polar surface area (TPSA) is 38.3 Å². The summed E-state index contributed by atoms with van der Waals surface area (Å²) in [5.41, 5.74) is 0.885. The molecule has 0 atom stereocenters. The first-order valence-electron chi connectivity index (χ1n) is 7.20. The number of hydrogen-bond donors (Lipinski definition) is 1. The fourth-order valence-corrected chi connectivity index (χ4v) is 2.87. The Morgan fingerprint density at radius 1 is 1.22 bits per heavy atom. The number of hydrogen-bond acceptors (Lipinski definition) is 2. The molecule has 122 valence electrons. The monoisotopic (exact) mass is 415 g/mol. The molecule has 0 saturated heterocycles. The van der Waals surface area contributed by atoms with Gasteiger partial charge in [0, 0.05) is 5.56 Å². The molecule has 23 heavy (non-hydrogen) atoms. The molecule has 2 rings (SSSR count). The summed E-state index contributed by atoms with van der Waals surface area (Å²) in [4.78, 5) is 12.4. The van der Waals surface area contributed by atoms with E-state index >= 15 is 0 Å². The summed E-state index contributed by atoms with van der Waals surface area (Å²) in [7, 11) is 0. The smallest absolute Gasteiger partial charge is 0.255 e. The number of carbonyl (C=O) groups excluding carboxylic acids is 1. The van der Waals surface area contributed by atoms with Crippen molar-refractivity contribution < 1.29 is 9.53 Å². The summed E-state index contributed by atoms with van der Waals surface area (Å²) in [6.07, 6.45) is 2.05. The van der Waals surface area contributed by atoms with Crippen LogP contribution in [0.15, 0.2) is 40.9 Å². The molecule has 3 nitrogen and oxygen atoms in total. The summed E-state index contributed by atoms with van der Waals surface area (Å²) in [6, 6.07) is 10.2. The van der Waals surface area contributed by atoms with Gasteiger partial charge in [-0.25, -0.2) is 0 Å². The molecule has 0 unspecified atom stereocenters. The van der Waals surface area contributed by atoms with Crippen LogP contribution >= 0.6 is 39.1 Å². The maximum absolute atomic E-state index is 12.4. The molecule has 0 radical (unpaired) electrons. The lowest BCUT2D eigenvalue weighted by Crippen LogP contribution is -2.12. The molecule has 6 heteroatoms. The fourth-order valence-electron chi connectivity index (χ4n) is 1.89. The van der Waals surface area contributed by atoms with E-state index in [1.165, 1.54) is 0 Å². The zero-order chi connectivity index (χ0) is 16.8. The first-order chi connectivity index (χ1) is 11.0. The van der Waals surface area contributed by atoms with Gasteiger partial charge in [-0.15, -0.1) is 0 Å². The number of benzene rings is 2. The number of ether oxygens (including phenoxy) is 1. The molecule has 0 heterocycles. The largest absolute Gasteiger partial charge is 0.492 e. The number of halogens is 3. The van der Waals surface area contributed by atoms with E-state index in [1.807, 2.05) is 0 Å². The van der Waals surface area contributed by atoms with Crippen LogP contribution in [0.1, 0.15) is 30.1 Å². The van der Waals surface area contributed by atoms with Crippen LogP contribution in [0.5, 0.6) is 5.75 Å². The predicted molar refractivity (Wildman–Crippen MR) is 99.0 cm³/mol. The number of rotatable bonds is 6. The van der Waals surface area contributed by atoms with Gasteiger partial charge in [0.2, 0.25) is 0 Å². The van der Waals surface area contributed by atoms with Crippen molar-refractivity contribution in [3.8, 4) is 5.75 Å². The predicted octanol–water partition coefficient (Wildman–Crippen LogP) is 6.19. The highest BCUT2D eigenvalue weighted by Gasteiger charge is 2.13. The number of para-hydroxylation sites is 1. The molecular weight excluding hydrogens is 401 g/mol. The van der Waals surface area contributed by atoms with Crippen LogP contribution < -0.4 is 10.1 Å². The molecular formula is C17H16BrCl2NO2. The third kappa shape index (κ3) is 4.87. The molecule has 0 aliphatic heterocycles. The van der Waals surface area contributed by atoms with Gasteiger partial charge in [-0.3, -0.25) is 4.79 Å². The highest BCUT2D eigenvalue weighted by molar-refractivity contribution is 9.10. The van der Waals surface area contributed by atoms with Crippen LogP contribution in [0.2, 0.25) is 10.0 Å². The highest BCUT2D eigenvalue weighted by atomic mass is 79.9. The summed E-state index contributed by atoms with van der Waals surface area (Å²) in [6.45, 7) is 2.75. The lowest BCUT2D eigenvalue weighted by Gasteiger charge is -2.11. The number of unbranched alkanes of at least 4 members (excludes halogenated alkanes) is 1. The average molecular weight is 417 g/mol. The van der Waals surface area contributed by atoms with Crippen molar-refractivity contribution in [2.75, 3.05) is 11.9 Å². The molecule has 2 aromatic rings. The Kier molecular flexibility index (Phi) is 6.75. The van der Waals surface area contributed by atoms with Gasteiger partial charge in [0.15, 0.2) is 0 Å². The van der Waals surface area contributed by atoms with Gasteiger partial charge >= 0.3 is 0 Å². The van der Waals surface area contributed by atoms with Gasteiger partial charge in [-0.2, -0.15) is 0 Å². The Hall–Kier alpha value is -1.23. The van der Waals surface area contributed by atoms with Crippen LogP contribution in [-0.4, -0.2) is 12.5 Å². The molecule has 0 fully saturated rings. The average Bonchev–Trinajstić information content (AvgIpc) is 2.52. The molecule has 0 spiro atoms. The van der Waals surface area contributed by atoms with E-state index in [0.717, 1.165) is 17.3 Å². The zero-order valence-electron chi connectivity index (χ0n) is 12.5. The van der Waals surface area contributed by atoms with Gasteiger partial charge in [-0.1, -0.05) is 42.6 Å². The minimum Gasteiger partial charge on any atom is -0.492 e. The van der Waals surface area contributed by atoms with Crippen LogP contribution in [0.25, 0.3) is 0 Å². The molecule has 0 aliphatic rings. The second-order valence-corrected chi connectivity index (χ2v) is 6.57. The van der Waals surface area contributed by atoms with E-state index in [4.69, 9.17) is 27.9 Å². The summed E-state index contributed by atoms with van der Waals surface area (Å²) in [5, 5.41) is 3.52. The molecule has 2 aromatic carbocycles. The lowest BCUT2D eigenvalue weighted by atomic mass is 10.2. The maximum Gasteiger partial charge on any atom is 0.255 e. The zero-order valence-corrected chi connectivity index (χ0v) is 15.6. The lowest BCUT2D eigenvalue weighted by molar-refractivity contribution is 0.102. The minimum atomic E-state index is -0.291. The number of amides is 1. The maximum atomic E-state index is 12.4. The van der Waals surface area contributed by atoms with Crippen molar-refractivity contribution in [2.45, 2.75) is 19.8 Å². The molecule has 0 saturated carbocycles. The van der Waals surface area contributed by atoms with E-state index in [1.54, 1.807) is 36.4 Å². The van der Waals surface area contributed by atoms with Crippen molar-refractivity contribution in [3.63, 3.8) is 0 Å². The molecule has 0 aromatic heterocycles. The molecule has 1 N–H and O–H groups in total. The Morgan fingerprint density at radius 2 is 1.91 bits per heavy atom. The van der Waals surface area contributed by atoms with Gasteiger partial charge in [0.05, 0.1) is 26.8 Å². The third-order valence-electron chi connectivity index (χ3n) is 3.15. The normalized spacial score (nSPS) is 10.4. The molecule has 0 aliphatic carbocycles. The van der Waals surface area contributed by atoms with Crippen LogP contribution in [-0.2, 0) is 0 Å². The van der Waals surface area contributed by atoms with Gasteiger partial charge < -0.3 is 10.1 Å². The van der Waals surface area contributed by atoms with Crippen LogP contribution in [0.3, 0.4) is 0 Å². The quantitative estimate of drug-likeness (QED) is 0.570. The van der Waals surface area contributed by atoms with Gasteiger partial charge in [0.25, 0.3) is 5.91 Å². The van der Waals surface area contributed by atoms with E-state index in [9.17, 15) is 4.79 Å². The van der Waals surface area contributed by atoms with Crippen molar-refractivity contribution in [1.82, 2.24) is 0 Å². The SMILES string of the molecule is CCCCOc1ccc(C(=O)Nc2c(Cl)cccc2Cl)cc1Br. The van der Waals surface area contributed by atoms with Gasteiger partial charge in [-0.05, 0) is 52.7 Å². The molecule has 0 bridgehead atoms. The second kappa shape index (κ2) is 8.57. The summed E-state index contributed by atoms with van der Waals surface area (Å²) >= 11 is 15.5. The second-order valence-electron chi connectivity index (χ2n) is 4.90. The number of carbonyl (C=O) groups is 1. The summed E-state index contributed by atoms with van der Waals surface area (Å²) in [5.74, 6) is 0.423. The van der Waals surface area contributed by atoms with Crippen LogP contribution in [0.4, 0.5) is 5.69 Å². The fraction of sp³-hybridized carbons (Fsp3) is 0.235. The number of nitrogens with one attached hydrogen (secondary N) is 1. The van der Waals surface area contributed by atoms with E-state index in [0.29, 0.717) is 33.7 Å². The van der Waals surface area contributed by atoms with Crippen LogP contribution in [0, 0.1) is 0 Å². The Morgan fingerprint density at radius 3 is 2.52 bits per heavy atom. The Balaban J connectivity index is 2.12. The van der Waals surface area contributed by atoms with Crippen molar-refractivity contribution in [3.05, 3.63) is 56.5 Å². The minimum absolute atomic E-state index is 0.291. The first-order valence-corrected chi connectivity index (χ1v) is 8.75. The third-order valence-corrected chi connectivity index (χ3v) is 4.40. The summed E-state index contributed by atoms with van der Waals surface area (Å²) < 4.78 is 6.38. The Labute approximate surface area is 154 Å². The van der Waals surface area contributed by atoms with E-state index in [2.05, 4.69) is 28.2 Å². The molecule has 1 amide bonds. The van der Waals surface area contributed by atoms with E-state index in [-0.39, 0.29) is 5.91 Å². The first kappa shape index (κ1) is 18.1. The van der Waals surface area contributed by atoms with Crippen molar-refractivity contribution >= 4 is 50.7 Å². The Bertz CT molecular complexity index is 687.